The summed E-state index contributed by atoms with van der Waals surface area (Å²) in [4.78, 5) is 0. The Morgan fingerprint density at radius 2 is 1.61 bits per heavy atom. The van der Waals surface area contributed by atoms with Crippen LogP contribution in [0, 0.1) is 16.2 Å². The second kappa shape index (κ2) is 5.25. The van der Waals surface area contributed by atoms with E-state index in [0.29, 0.717) is 6.05 Å². The van der Waals surface area contributed by atoms with Crippen LogP contribution in [0.3, 0.4) is 0 Å². The van der Waals surface area contributed by atoms with Crippen LogP contribution in [0.15, 0.2) is 22.8 Å². The van der Waals surface area contributed by atoms with E-state index in [1.165, 1.54) is 11.1 Å². The second-order valence-electron chi connectivity index (χ2n) is 7.04. The van der Waals surface area contributed by atoms with Crippen molar-refractivity contribution in [3.05, 3.63) is 22.8 Å². The molecule has 0 spiro atoms. The Morgan fingerprint density at radius 1 is 1.17 bits per heavy atom. The minimum atomic E-state index is -0.347. The van der Waals surface area contributed by atoms with E-state index >= 15 is 0 Å². The van der Waals surface area contributed by atoms with E-state index in [1.54, 1.807) is 0 Å². The van der Waals surface area contributed by atoms with E-state index in [0.717, 1.165) is 5.57 Å². The average molecular weight is 422 g/mol. The van der Waals surface area contributed by atoms with Crippen molar-refractivity contribution in [1.29, 1.82) is 0 Å². The molecule has 0 saturated carbocycles. The van der Waals surface area contributed by atoms with Gasteiger partial charge in [0.2, 0.25) is 0 Å². The third-order valence-corrected chi connectivity index (χ3v) is 4.57. The SMILES string of the molecule is [3H]C1=C(C(C)(C)CO)C(C)(C)C(C)=C(C)C1(C)C.[W]. The molecule has 2 heteroatoms. The van der Waals surface area contributed by atoms with Crippen LogP contribution in [0.25, 0.3) is 0 Å². The summed E-state index contributed by atoms with van der Waals surface area (Å²) in [5.41, 5.74) is 2.96. The number of rotatable bonds is 2. The summed E-state index contributed by atoms with van der Waals surface area (Å²) in [5.74, 6) is 0. The van der Waals surface area contributed by atoms with Crippen LogP contribution in [-0.2, 0) is 21.1 Å². The summed E-state index contributed by atoms with van der Waals surface area (Å²) < 4.78 is 8.60. The largest absolute Gasteiger partial charge is 0.395 e. The third-order valence-electron chi connectivity index (χ3n) is 4.57. The maximum absolute atomic E-state index is 9.69. The molecule has 1 nitrogen and oxygen atoms in total. The maximum atomic E-state index is 9.69. The van der Waals surface area contributed by atoms with E-state index in [4.69, 9.17) is 1.37 Å². The molecule has 0 saturated heterocycles. The summed E-state index contributed by atoms with van der Waals surface area (Å²) >= 11 is 0. The van der Waals surface area contributed by atoms with Crippen molar-refractivity contribution < 1.29 is 27.5 Å². The second-order valence-corrected chi connectivity index (χ2v) is 7.04. The maximum Gasteiger partial charge on any atom is 0.0585 e. The summed E-state index contributed by atoms with van der Waals surface area (Å²) in [7, 11) is 0. The standard InChI is InChI=1S/C16H28O.W/c1-11-12(2)16(7,8)13(9-14(11,3)4)15(5,6)10-17;/h9,17H,10H2,1-8H3;/i9T;. The Hall–Kier alpha value is 0.128. The van der Waals surface area contributed by atoms with Crippen LogP contribution in [0.5, 0.6) is 0 Å². The van der Waals surface area contributed by atoms with Crippen molar-refractivity contribution >= 4 is 0 Å². The third kappa shape index (κ3) is 2.83. The molecule has 0 fully saturated rings. The van der Waals surface area contributed by atoms with Gasteiger partial charge in [0.25, 0.3) is 0 Å². The van der Waals surface area contributed by atoms with E-state index in [9.17, 15) is 5.11 Å². The molecule has 1 aliphatic carbocycles. The van der Waals surface area contributed by atoms with Crippen LogP contribution in [0.4, 0.5) is 0 Å². The van der Waals surface area contributed by atoms with Crippen molar-refractivity contribution in [3.8, 4) is 0 Å². The molecule has 0 aromatic heterocycles. The van der Waals surface area contributed by atoms with Crippen molar-refractivity contribution in [2.24, 2.45) is 16.2 Å². The predicted octanol–water partition coefficient (Wildman–Crippen LogP) is 4.33. The Kier molecular flexibility index (Phi) is 4.72. The molecule has 0 amide bonds. The van der Waals surface area contributed by atoms with Gasteiger partial charge in [-0.3, -0.25) is 0 Å². The van der Waals surface area contributed by atoms with Crippen molar-refractivity contribution in [2.45, 2.75) is 55.4 Å². The van der Waals surface area contributed by atoms with Crippen LogP contribution in [-0.4, -0.2) is 11.7 Å². The molecule has 0 aliphatic heterocycles. The fraction of sp³-hybridized carbons (Fsp3) is 0.750. The summed E-state index contributed by atoms with van der Waals surface area (Å²) in [6.07, 6.45) is 0. The fourth-order valence-corrected chi connectivity index (χ4v) is 2.78. The Balaban J connectivity index is 0.00000324. The molecule has 18 heavy (non-hydrogen) atoms. The molecule has 1 rings (SSSR count). The average Bonchev–Trinajstić information content (AvgIpc) is 2.24. The molecule has 0 unspecified atom stereocenters. The predicted molar refractivity (Wildman–Crippen MR) is 74.9 cm³/mol. The Bertz CT molecular complexity index is 428. The van der Waals surface area contributed by atoms with E-state index < -0.39 is 0 Å². The first-order chi connectivity index (χ1) is 7.90. The van der Waals surface area contributed by atoms with E-state index in [-0.39, 0.29) is 43.9 Å². The van der Waals surface area contributed by atoms with Gasteiger partial charge < -0.3 is 5.11 Å². The molecule has 1 N–H and O–H groups in total. The van der Waals surface area contributed by atoms with Gasteiger partial charge >= 0.3 is 0 Å². The number of aliphatic hydroxyl groups is 1. The molecule has 0 atom stereocenters. The number of hydrogen-bond acceptors (Lipinski definition) is 1. The molecule has 0 radical (unpaired) electrons. The van der Waals surface area contributed by atoms with Gasteiger partial charge in [-0.1, -0.05) is 64.3 Å². The molecule has 0 heterocycles. The molecule has 104 valence electrons. The molecule has 1 aliphatic rings. The number of allylic oxidation sites excluding steroid dienone is 3. The van der Waals surface area contributed by atoms with Crippen LogP contribution >= 0.6 is 0 Å². The van der Waals surface area contributed by atoms with Crippen LogP contribution in [0.1, 0.15) is 56.8 Å². The van der Waals surface area contributed by atoms with Crippen molar-refractivity contribution in [2.75, 3.05) is 6.61 Å². The first kappa shape index (κ1) is 16.2. The van der Waals surface area contributed by atoms with Crippen molar-refractivity contribution in [3.63, 3.8) is 0 Å². The normalized spacial score (nSPS) is 23.7. The first-order valence-electron chi connectivity index (χ1n) is 6.92. The van der Waals surface area contributed by atoms with Gasteiger partial charge in [-0.2, -0.15) is 0 Å². The van der Waals surface area contributed by atoms with Gasteiger partial charge in [0.15, 0.2) is 0 Å². The zero-order valence-electron chi connectivity index (χ0n) is 14.1. The van der Waals surface area contributed by atoms with Crippen LogP contribution in [0.2, 0.25) is 0 Å². The first-order valence-corrected chi connectivity index (χ1v) is 6.42. The van der Waals surface area contributed by atoms with Crippen LogP contribution < -0.4 is 0 Å². The fourth-order valence-electron chi connectivity index (χ4n) is 2.78. The van der Waals surface area contributed by atoms with Gasteiger partial charge in [0.05, 0.1) is 7.98 Å². The van der Waals surface area contributed by atoms with Gasteiger partial charge in [-0.05, 0) is 13.8 Å². The zero-order chi connectivity index (χ0) is 14.5. The van der Waals surface area contributed by atoms with Gasteiger partial charge in [-0.15, -0.1) is 0 Å². The topological polar surface area (TPSA) is 20.2 Å². The minimum absolute atomic E-state index is 0. The minimum Gasteiger partial charge on any atom is -0.395 e. The summed E-state index contributed by atoms with van der Waals surface area (Å²) in [5, 5.41) is 9.69. The number of hydrogen-bond donors (Lipinski definition) is 1. The van der Waals surface area contributed by atoms with Gasteiger partial charge in [0, 0.05) is 37.3 Å². The van der Waals surface area contributed by atoms with Crippen molar-refractivity contribution in [1.82, 2.24) is 0 Å². The summed E-state index contributed by atoms with van der Waals surface area (Å²) in [6, 6.07) is 0.676. The molecular weight excluding hydrogens is 392 g/mol. The van der Waals surface area contributed by atoms with Gasteiger partial charge in [0.1, 0.15) is 0 Å². The Labute approximate surface area is 128 Å². The smallest absolute Gasteiger partial charge is 0.0585 e. The monoisotopic (exact) mass is 422 g/mol. The van der Waals surface area contributed by atoms with E-state index in [1.807, 2.05) is 13.8 Å². The molecule has 0 bridgehead atoms. The summed E-state index contributed by atoms with van der Waals surface area (Å²) in [6.45, 7) is 17.0. The molecule has 0 aromatic rings. The van der Waals surface area contributed by atoms with Gasteiger partial charge in [-0.25, -0.2) is 0 Å². The number of aliphatic hydroxyl groups excluding tert-OH is 1. The van der Waals surface area contributed by atoms with E-state index in [2.05, 4.69) is 41.5 Å². The molecule has 0 aromatic carbocycles. The zero-order valence-corrected chi connectivity index (χ0v) is 16.0. The quantitative estimate of drug-likeness (QED) is 0.657. The molecular formula is C16H28OW. The Morgan fingerprint density at radius 3 is 2.00 bits per heavy atom.